The second-order valence-electron chi connectivity index (χ2n) is 4.18. The molecule has 0 spiro atoms. The zero-order chi connectivity index (χ0) is 16.7. The van der Waals surface area contributed by atoms with E-state index in [1.165, 1.54) is 12.1 Å². The van der Waals surface area contributed by atoms with E-state index in [1.807, 2.05) is 0 Å². The molecular weight excluding hydrogens is 300 g/mol. The minimum atomic E-state index is -1.14. The van der Waals surface area contributed by atoms with E-state index in [9.17, 15) is 4.79 Å². The molecule has 0 saturated carbocycles. The number of hydrogen-bond donors (Lipinski definition) is 2. The lowest BCUT2D eigenvalue weighted by Crippen LogP contribution is -1.97. The largest absolute Gasteiger partial charge is 0.486 e. The standard InChI is InChI=1S/C15H10N4O4/c16-7-11(8-17)19-18-10-1-3-12(4-2-10)22-9-13-5-6-14(23-13)15(20)21/h1-6,18H,9H2,(H,20,21). The number of anilines is 1. The smallest absolute Gasteiger partial charge is 0.371 e. The van der Waals surface area contributed by atoms with E-state index in [-0.39, 0.29) is 18.1 Å². The number of nitriles is 2. The fraction of sp³-hybridized carbons (Fsp3) is 0.0667. The van der Waals surface area contributed by atoms with Gasteiger partial charge in [0.15, 0.2) is 0 Å². The van der Waals surface area contributed by atoms with Gasteiger partial charge in [-0.05, 0) is 36.4 Å². The summed E-state index contributed by atoms with van der Waals surface area (Å²) < 4.78 is 10.5. The summed E-state index contributed by atoms with van der Waals surface area (Å²) in [7, 11) is 0. The molecule has 0 aliphatic rings. The number of benzene rings is 1. The highest BCUT2D eigenvalue weighted by Gasteiger charge is 2.09. The fourth-order valence-corrected chi connectivity index (χ4v) is 1.55. The first-order chi connectivity index (χ1) is 11.1. The van der Waals surface area contributed by atoms with Crippen molar-refractivity contribution in [1.29, 1.82) is 10.5 Å². The van der Waals surface area contributed by atoms with Crippen molar-refractivity contribution >= 4 is 17.4 Å². The molecule has 0 unspecified atom stereocenters. The topological polar surface area (TPSA) is 132 Å². The van der Waals surface area contributed by atoms with Gasteiger partial charge in [0.1, 0.15) is 30.3 Å². The van der Waals surface area contributed by atoms with Gasteiger partial charge >= 0.3 is 5.97 Å². The van der Waals surface area contributed by atoms with Crippen molar-refractivity contribution in [2.75, 3.05) is 5.43 Å². The Morgan fingerprint density at radius 3 is 2.48 bits per heavy atom. The maximum Gasteiger partial charge on any atom is 0.371 e. The minimum absolute atomic E-state index is 0.0885. The first-order valence-electron chi connectivity index (χ1n) is 6.31. The van der Waals surface area contributed by atoms with Crippen LogP contribution in [0.15, 0.2) is 45.9 Å². The van der Waals surface area contributed by atoms with Gasteiger partial charge < -0.3 is 14.3 Å². The van der Waals surface area contributed by atoms with Gasteiger partial charge in [-0.3, -0.25) is 5.43 Å². The van der Waals surface area contributed by atoms with Crippen LogP contribution in [0.25, 0.3) is 0 Å². The number of furan rings is 1. The van der Waals surface area contributed by atoms with Crippen molar-refractivity contribution in [3.8, 4) is 17.9 Å². The van der Waals surface area contributed by atoms with Crippen LogP contribution in [0.2, 0.25) is 0 Å². The third kappa shape index (κ3) is 4.34. The average Bonchev–Trinajstić information content (AvgIpc) is 3.04. The van der Waals surface area contributed by atoms with Gasteiger partial charge in [0.2, 0.25) is 11.5 Å². The molecule has 0 fully saturated rings. The van der Waals surface area contributed by atoms with Crippen LogP contribution < -0.4 is 10.2 Å². The molecule has 0 atom stereocenters. The van der Waals surface area contributed by atoms with E-state index < -0.39 is 5.97 Å². The SMILES string of the molecule is N#CC(C#N)=NNc1ccc(OCc2ccc(C(=O)O)o2)cc1. The van der Waals surface area contributed by atoms with Gasteiger partial charge in [0, 0.05) is 0 Å². The van der Waals surface area contributed by atoms with Crippen molar-refractivity contribution < 1.29 is 19.1 Å². The van der Waals surface area contributed by atoms with Gasteiger partial charge in [-0.25, -0.2) is 4.79 Å². The van der Waals surface area contributed by atoms with E-state index >= 15 is 0 Å². The maximum absolute atomic E-state index is 10.7. The molecule has 1 aromatic carbocycles. The van der Waals surface area contributed by atoms with Crippen LogP contribution in [0.5, 0.6) is 5.75 Å². The fourth-order valence-electron chi connectivity index (χ4n) is 1.55. The predicted molar refractivity (Wildman–Crippen MR) is 78.7 cm³/mol. The molecular formula is C15H10N4O4. The van der Waals surface area contributed by atoms with Gasteiger partial charge in [-0.1, -0.05) is 0 Å². The lowest BCUT2D eigenvalue weighted by Gasteiger charge is -2.05. The molecule has 2 aromatic rings. The number of aromatic carboxylic acids is 1. The molecule has 2 rings (SSSR count). The Kier molecular flexibility index (Phi) is 4.95. The minimum Gasteiger partial charge on any atom is -0.486 e. The van der Waals surface area contributed by atoms with E-state index in [2.05, 4.69) is 10.5 Å². The highest BCUT2D eigenvalue weighted by molar-refractivity contribution is 6.10. The van der Waals surface area contributed by atoms with Gasteiger partial charge in [-0.2, -0.15) is 15.6 Å². The molecule has 0 radical (unpaired) electrons. The summed E-state index contributed by atoms with van der Waals surface area (Å²) in [5, 5.41) is 29.5. The van der Waals surface area contributed by atoms with Gasteiger partial charge in [-0.15, -0.1) is 0 Å². The number of nitrogens with one attached hydrogen (secondary N) is 1. The van der Waals surface area contributed by atoms with Crippen LogP contribution in [0.4, 0.5) is 5.69 Å². The Morgan fingerprint density at radius 2 is 1.91 bits per heavy atom. The molecule has 0 aliphatic carbocycles. The Morgan fingerprint density at radius 1 is 1.22 bits per heavy atom. The maximum atomic E-state index is 10.7. The Bertz CT molecular complexity index is 793. The summed E-state index contributed by atoms with van der Waals surface area (Å²) in [6.07, 6.45) is 0. The average molecular weight is 310 g/mol. The summed E-state index contributed by atoms with van der Waals surface area (Å²) in [6, 6.07) is 12.7. The molecule has 0 amide bonds. The number of nitrogens with zero attached hydrogens (tertiary/aromatic N) is 3. The molecule has 0 bridgehead atoms. The van der Waals surface area contributed by atoms with E-state index in [1.54, 1.807) is 36.4 Å². The summed E-state index contributed by atoms with van der Waals surface area (Å²) in [5.74, 6) is -0.358. The number of ether oxygens (including phenoxy) is 1. The van der Waals surface area contributed by atoms with Crippen molar-refractivity contribution in [3.05, 3.63) is 47.9 Å². The Labute approximate surface area is 130 Å². The summed E-state index contributed by atoms with van der Waals surface area (Å²) in [5.41, 5.74) is 2.86. The normalized spacial score (nSPS) is 9.30. The van der Waals surface area contributed by atoms with Crippen LogP contribution in [0, 0.1) is 22.7 Å². The number of carbonyl (C=O) groups is 1. The van der Waals surface area contributed by atoms with E-state index in [4.69, 9.17) is 24.8 Å². The zero-order valence-electron chi connectivity index (χ0n) is 11.7. The molecule has 1 heterocycles. The summed E-state index contributed by atoms with van der Waals surface area (Å²) in [6.45, 7) is 0.0885. The number of hydrazone groups is 1. The third-order valence-corrected chi connectivity index (χ3v) is 2.62. The molecule has 0 saturated heterocycles. The summed E-state index contributed by atoms with van der Waals surface area (Å²) >= 11 is 0. The number of rotatable bonds is 6. The second-order valence-corrected chi connectivity index (χ2v) is 4.18. The van der Waals surface area contributed by atoms with Gasteiger partial charge in [0.05, 0.1) is 5.69 Å². The highest BCUT2D eigenvalue weighted by Crippen LogP contribution is 2.18. The molecule has 114 valence electrons. The molecule has 8 heteroatoms. The van der Waals surface area contributed by atoms with Crippen molar-refractivity contribution in [3.63, 3.8) is 0 Å². The van der Waals surface area contributed by atoms with Crippen LogP contribution in [0.3, 0.4) is 0 Å². The third-order valence-electron chi connectivity index (χ3n) is 2.62. The predicted octanol–water partition coefficient (Wildman–Crippen LogP) is 2.37. The lowest BCUT2D eigenvalue weighted by atomic mass is 10.3. The van der Waals surface area contributed by atoms with E-state index in [0.717, 1.165) is 0 Å². The molecule has 0 aliphatic heterocycles. The first-order valence-corrected chi connectivity index (χ1v) is 6.31. The zero-order valence-corrected chi connectivity index (χ0v) is 11.7. The van der Waals surface area contributed by atoms with Crippen molar-refractivity contribution in [2.45, 2.75) is 6.61 Å². The second kappa shape index (κ2) is 7.29. The van der Waals surface area contributed by atoms with Crippen LogP contribution in [-0.2, 0) is 6.61 Å². The quantitative estimate of drug-likeness (QED) is 0.618. The highest BCUT2D eigenvalue weighted by atomic mass is 16.5. The first kappa shape index (κ1) is 15.6. The van der Waals surface area contributed by atoms with Crippen molar-refractivity contribution in [2.24, 2.45) is 5.10 Å². The van der Waals surface area contributed by atoms with Crippen molar-refractivity contribution in [1.82, 2.24) is 0 Å². The lowest BCUT2D eigenvalue weighted by molar-refractivity contribution is 0.0658. The van der Waals surface area contributed by atoms with Gasteiger partial charge in [0.25, 0.3) is 0 Å². The number of carboxylic acid groups (broad SMARTS) is 1. The van der Waals surface area contributed by atoms with Crippen LogP contribution >= 0.6 is 0 Å². The van der Waals surface area contributed by atoms with Crippen LogP contribution in [0.1, 0.15) is 16.3 Å². The molecule has 2 N–H and O–H groups in total. The van der Waals surface area contributed by atoms with E-state index in [0.29, 0.717) is 17.2 Å². The monoisotopic (exact) mass is 310 g/mol. The molecule has 23 heavy (non-hydrogen) atoms. The molecule has 1 aromatic heterocycles. The van der Waals surface area contributed by atoms with Crippen LogP contribution in [-0.4, -0.2) is 16.8 Å². The summed E-state index contributed by atoms with van der Waals surface area (Å²) in [4.78, 5) is 10.7. The molecule has 8 nitrogen and oxygen atoms in total. The Balaban J connectivity index is 1.92. The number of carboxylic acids is 1. The number of hydrogen-bond acceptors (Lipinski definition) is 7. The Hall–Kier alpha value is -3.78.